The Kier molecular flexibility index (Phi) is 10.6. The third-order valence-corrected chi connectivity index (χ3v) is 3.24. The van der Waals surface area contributed by atoms with Crippen molar-refractivity contribution in [2.45, 2.75) is 32.8 Å². The highest BCUT2D eigenvalue weighted by molar-refractivity contribution is 6.36. The fourth-order valence-corrected chi connectivity index (χ4v) is 1.95. The van der Waals surface area contributed by atoms with E-state index in [1.54, 1.807) is 13.0 Å². The Morgan fingerprint density at radius 3 is 2.56 bits per heavy atom. The quantitative estimate of drug-likeness (QED) is 0.168. The Bertz CT molecular complexity index is 670. The molecule has 0 aliphatic carbocycles. The number of hydrazone groups is 1. The number of amides is 1. The predicted octanol–water partition coefficient (Wildman–Crippen LogP) is 2.73. The number of nitrogens with one attached hydrogen (secondary N) is 1. The minimum atomic E-state index is -0.775. The fourth-order valence-electron chi connectivity index (χ4n) is 1.95. The van der Waals surface area contributed by atoms with Crippen LogP contribution >= 0.6 is 0 Å². The number of allylic oxidation sites excluding steroid dienone is 1. The third kappa shape index (κ3) is 9.78. The second-order valence-electron chi connectivity index (χ2n) is 5.27. The normalized spacial score (nSPS) is 11.1. The van der Waals surface area contributed by atoms with Gasteiger partial charge in [0, 0.05) is 6.08 Å². The molecule has 0 aliphatic rings. The van der Waals surface area contributed by atoms with E-state index in [4.69, 9.17) is 9.47 Å². The molecule has 1 aromatic carbocycles. The van der Waals surface area contributed by atoms with Gasteiger partial charge in [-0.1, -0.05) is 36.4 Å². The predicted molar refractivity (Wildman–Crippen MR) is 98.8 cm³/mol. The van der Waals surface area contributed by atoms with Crippen LogP contribution in [0.3, 0.4) is 0 Å². The first-order chi connectivity index (χ1) is 13.1. The maximum atomic E-state index is 11.7. The number of hydrogen-bond donors (Lipinski definition) is 1. The van der Waals surface area contributed by atoms with Gasteiger partial charge in [0.15, 0.2) is 0 Å². The lowest BCUT2D eigenvalue weighted by molar-refractivity contribution is -0.137. The van der Waals surface area contributed by atoms with Gasteiger partial charge in [-0.25, -0.2) is 19.8 Å². The zero-order chi connectivity index (χ0) is 19.9. The molecule has 0 spiro atoms. The van der Waals surface area contributed by atoms with Gasteiger partial charge in [0.05, 0.1) is 13.7 Å². The molecule has 0 heterocycles. The second kappa shape index (κ2) is 13.1. The number of carbonyl (C=O) groups is 3. The summed E-state index contributed by atoms with van der Waals surface area (Å²) in [5, 5.41) is 3.77. The maximum Gasteiger partial charge on any atom is 0.428 e. The molecule has 0 saturated heterocycles. The smallest absolute Gasteiger partial charge is 0.428 e. The summed E-state index contributed by atoms with van der Waals surface area (Å²) in [6.07, 6.45) is 3.53. The van der Waals surface area contributed by atoms with Gasteiger partial charge in [0.1, 0.15) is 12.3 Å². The number of nitrogens with zero attached hydrogens (tertiary/aromatic N) is 1. The summed E-state index contributed by atoms with van der Waals surface area (Å²) in [5.74, 6) is -1.06. The second-order valence-corrected chi connectivity index (χ2v) is 5.27. The number of benzene rings is 1. The van der Waals surface area contributed by atoms with E-state index >= 15 is 0 Å². The Morgan fingerprint density at radius 1 is 1.15 bits per heavy atom. The van der Waals surface area contributed by atoms with Gasteiger partial charge in [-0.2, -0.15) is 5.10 Å². The van der Waals surface area contributed by atoms with Crippen molar-refractivity contribution in [2.75, 3.05) is 13.7 Å². The third-order valence-electron chi connectivity index (χ3n) is 3.24. The summed E-state index contributed by atoms with van der Waals surface area (Å²) in [5.41, 5.74) is 3.06. The lowest BCUT2D eigenvalue weighted by Crippen LogP contribution is -2.24. The summed E-state index contributed by atoms with van der Waals surface area (Å²) in [4.78, 5) is 34.6. The highest BCUT2D eigenvalue weighted by Crippen LogP contribution is 2.03. The largest absolute Gasteiger partial charge is 0.464 e. The van der Waals surface area contributed by atoms with Crippen LogP contribution in [0.5, 0.6) is 0 Å². The zero-order valence-electron chi connectivity index (χ0n) is 15.5. The molecule has 0 fully saturated rings. The Morgan fingerprint density at radius 2 is 1.89 bits per heavy atom. The van der Waals surface area contributed by atoms with Crippen molar-refractivity contribution in [3.8, 4) is 0 Å². The molecule has 146 valence electrons. The first kappa shape index (κ1) is 21.9. The van der Waals surface area contributed by atoms with E-state index in [9.17, 15) is 14.4 Å². The Labute approximate surface area is 158 Å². The standard InChI is InChI=1S/C19H24N2O6/c1-3-26-17(22)13-9-5-8-12-16(18(23)25-2)20-21-19(24)27-14-15-10-6-4-7-11-15/h4,6-7,9-11,13H,3,5,8,12,14H2,1-2H3,(H,21,24)/b13-9+,20-16+. The van der Waals surface area contributed by atoms with E-state index in [-0.39, 0.29) is 18.7 Å². The van der Waals surface area contributed by atoms with Crippen LogP contribution in [-0.4, -0.2) is 37.5 Å². The Balaban J connectivity index is 2.44. The van der Waals surface area contributed by atoms with Gasteiger partial charge in [-0.15, -0.1) is 0 Å². The highest BCUT2D eigenvalue weighted by atomic mass is 16.6. The van der Waals surface area contributed by atoms with Gasteiger partial charge >= 0.3 is 18.0 Å². The summed E-state index contributed by atoms with van der Waals surface area (Å²) < 4.78 is 14.4. The molecule has 1 rings (SSSR count). The van der Waals surface area contributed by atoms with Gasteiger partial charge in [-0.05, 0) is 31.7 Å². The Hall–Kier alpha value is -3.16. The van der Waals surface area contributed by atoms with Crippen LogP contribution in [0.4, 0.5) is 4.79 Å². The molecular weight excluding hydrogens is 352 g/mol. The van der Waals surface area contributed by atoms with Crippen LogP contribution in [0.2, 0.25) is 0 Å². The van der Waals surface area contributed by atoms with Gasteiger partial charge in [-0.3, -0.25) is 0 Å². The average Bonchev–Trinajstić information content (AvgIpc) is 2.68. The van der Waals surface area contributed by atoms with Crippen molar-refractivity contribution >= 4 is 23.7 Å². The van der Waals surface area contributed by atoms with E-state index in [1.807, 2.05) is 30.3 Å². The summed E-state index contributed by atoms with van der Waals surface area (Å²) in [6, 6.07) is 9.17. The number of unbranched alkanes of at least 4 members (excludes halogenated alkanes) is 1. The van der Waals surface area contributed by atoms with Crippen molar-refractivity contribution in [2.24, 2.45) is 5.10 Å². The molecule has 1 amide bonds. The number of carbonyl (C=O) groups excluding carboxylic acids is 3. The van der Waals surface area contributed by atoms with E-state index in [1.165, 1.54) is 13.2 Å². The molecule has 0 radical (unpaired) electrons. The topological polar surface area (TPSA) is 103 Å². The molecule has 0 saturated carbocycles. The van der Waals surface area contributed by atoms with Crippen molar-refractivity contribution in [3.05, 3.63) is 48.0 Å². The molecule has 8 nitrogen and oxygen atoms in total. The van der Waals surface area contributed by atoms with Crippen LogP contribution in [-0.2, 0) is 30.4 Å². The minimum absolute atomic E-state index is 0.0543. The number of methoxy groups -OCH3 is 1. The lowest BCUT2D eigenvalue weighted by Gasteiger charge is -2.06. The summed E-state index contributed by atoms with van der Waals surface area (Å²) >= 11 is 0. The number of hydrogen-bond acceptors (Lipinski definition) is 7. The lowest BCUT2D eigenvalue weighted by atomic mass is 10.1. The molecule has 1 aromatic rings. The van der Waals surface area contributed by atoms with Crippen molar-refractivity contribution < 1.29 is 28.6 Å². The zero-order valence-corrected chi connectivity index (χ0v) is 15.5. The molecule has 0 aliphatic heterocycles. The van der Waals surface area contributed by atoms with E-state index in [2.05, 4.69) is 15.3 Å². The maximum absolute atomic E-state index is 11.7. The van der Waals surface area contributed by atoms with Crippen molar-refractivity contribution in [1.29, 1.82) is 0 Å². The highest BCUT2D eigenvalue weighted by Gasteiger charge is 2.12. The summed E-state index contributed by atoms with van der Waals surface area (Å²) in [7, 11) is 1.23. The van der Waals surface area contributed by atoms with E-state index in [0.29, 0.717) is 19.4 Å². The van der Waals surface area contributed by atoms with Crippen LogP contribution < -0.4 is 5.43 Å². The van der Waals surface area contributed by atoms with Crippen LogP contribution in [0.1, 0.15) is 31.7 Å². The van der Waals surface area contributed by atoms with E-state index < -0.39 is 18.0 Å². The van der Waals surface area contributed by atoms with Crippen molar-refractivity contribution in [3.63, 3.8) is 0 Å². The first-order valence-corrected chi connectivity index (χ1v) is 8.51. The number of rotatable bonds is 10. The van der Waals surface area contributed by atoms with Crippen LogP contribution in [0.15, 0.2) is 47.6 Å². The molecule has 8 heteroatoms. The number of esters is 2. The summed E-state index contributed by atoms with van der Waals surface area (Å²) in [6.45, 7) is 2.13. The van der Waals surface area contributed by atoms with Gasteiger partial charge < -0.3 is 14.2 Å². The molecule has 0 unspecified atom stereocenters. The molecule has 1 N–H and O–H groups in total. The van der Waals surface area contributed by atoms with Crippen molar-refractivity contribution in [1.82, 2.24) is 5.43 Å². The molecule has 0 aromatic heterocycles. The van der Waals surface area contributed by atoms with Gasteiger partial charge in [0.25, 0.3) is 0 Å². The fraction of sp³-hybridized carbons (Fsp3) is 0.368. The SMILES string of the molecule is CCOC(=O)/C=C/CCC/C(=N\NC(=O)OCc1ccccc1)C(=O)OC. The monoisotopic (exact) mass is 376 g/mol. The van der Waals surface area contributed by atoms with E-state index in [0.717, 1.165) is 5.56 Å². The van der Waals surface area contributed by atoms with Crippen LogP contribution in [0, 0.1) is 0 Å². The first-order valence-electron chi connectivity index (χ1n) is 8.51. The average molecular weight is 376 g/mol. The molecule has 0 atom stereocenters. The molecular formula is C19H24N2O6. The minimum Gasteiger partial charge on any atom is -0.464 e. The molecule has 27 heavy (non-hydrogen) atoms. The number of ether oxygens (including phenoxy) is 3. The van der Waals surface area contributed by atoms with Gasteiger partial charge in [0.2, 0.25) is 0 Å². The molecule has 0 bridgehead atoms. The van der Waals surface area contributed by atoms with Crippen LogP contribution in [0.25, 0.3) is 0 Å².